The van der Waals surface area contributed by atoms with Crippen molar-refractivity contribution in [2.45, 2.75) is 25.4 Å². The lowest BCUT2D eigenvalue weighted by Gasteiger charge is -2.50. The van der Waals surface area contributed by atoms with E-state index < -0.39 is 5.82 Å². The Morgan fingerprint density at radius 3 is 3.00 bits per heavy atom. The molecule has 6 heteroatoms. The number of amides is 1. The SMILES string of the molecule is COC[C@@]12CCCO[C@@H]1CCN(C(=O)c1ccc(OC)c(F)c1)C2. The maximum atomic E-state index is 13.9. The number of benzene rings is 1. The van der Waals surface area contributed by atoms with E-state index in [4.69, 9.17) is 14.2 Å². The third-order valence-electron chi connectivity index (χ3n) is 5.11. The Kier molecular flexibility index (Phi) is 5.06. The van der Waals surface area contributed by atoms with Crippen LogP contribution in [-0.4, -0.2) is 57.4 Å². The molecule has 2 aliphatic heterocycles. The number of fused-ring (bicyclic) bond motifs is 1. The minimum Gasteiger partial charge on any atom is -0.494 e. The van der Waals surface area contributed by atoms with Gasteiger partial charge in [0.1, 0.15) is 0 Å². The number of carbonyl (C=O) groups is 1. The van der Waals surface area contributed by atoms with Crippen LogP contribution in [0.1, 0.15) is 29.6 Å². The number of likely N-dealkylation sites (tertiary alicyclic amines) is 1. The predicted octanol–water partition coefficient (Wildman–Crippen LogP) is 2.49. The van der Waals surface area contributed by atoms with Crippen molar-refractivity contribution in [3.8, 4) is 5.75 Å². The first-order valence-electron chi connectivity index (χ1n) is 8.33. The molecule has 1 aromatic carbocycles. The average Bonchev–Trinajstić information content (AvgIpc) is 2.60. The maximum absolute atomic E-state index is 13.9. The first-order chi connectivity index (χ1) is 11.6. The van der Waals surface area contributed by atoms with E-state index >= 15 is 0 Å². The van der Waals surface area contributed by atoms with Gasteiger partial charge in [0.25, 0.3) is 5.91 Å². The van der Waals surface area contributed by atoms with Gasteiger partial charge in [-0.05, 0) is 37.5 Å². The van der Waals surface area contributed by atoms with Crippen LogP contribution in [0.2, 0.25) is 0 Å². The Hall–Kier alpha value is -1.66. The molecule has 1 aromatic rings. The number of ether oxygens (including phenoxy) is 3. The third-order valence-corrected chi connectivity index (χ3v) is 5.11. The van der Waals surface area contributed by atoms with Crippen LogP contribution in [0, 0.1) is 11.2 Å². The highest BCUT2D eigenvalue weighted by Crippen LogP contribution is 2.40. The number of halogens is 1. The van der Waals surface area contributed by atoms with Crippen molar-refractivity contribution in [3.63, 3.8) is 0 Å². The lowest BCUT2D eigenvalue weighted by Crippen LogP contribution is -2.58. The maximum Gasteiger partial charge on any atom is 0.253 e. The fraction of sp³-hybridized carbons (Fsp3) is 0.611. The van der Waals surface area contributed by atoms with Crippen molar-refractivity contribution < 1.29 is 23.4 Å². The highest BCUT2D eigenvalue weighted by molar-refractivity contribution is 5.94. The second kappa shape index (κ2) is 7.07. The first-order valence-corrected chi connectivity index (χ1v) is 8.33. The number of carbonyl (C=O) groups excluding carboxylic acids is 1. The molecule has 24 heavy (non-hydrogen) atoms. The summed E-state index contributed by atoms with van der Waals surface area (Å²) in [6.45, 7) is 2.53. The van der Waals surface area contributed by atoms with E-state index in [1.165, 1.54) is 19.2 Å². The topological polar surface area (TPSA) is 48.0 Å². The number of nitrogens with zero attached hydrogens (tertiary/aromatic N) is 1. The zero-order valence-electron chi connectivity index (χ0n) is 14.2. The van der Waals surface area contributed by atoms with Crippen LogP contribution in [0.15, 0.2) is 18.2 Å². The Bertz CT molecular complexity index is 605. The quantitative estimate of drug-likeness (QED) is 0.847. The van der Waals surface area contributed by atoms with Crippen molar-refractivity contribution in [2.75, 3.05) is 40.5 Å². The van der Waals surface area contributed by atoms with Crippen LogP contribution in [0.5, 0.6) is 5.75 Å². The number of hydrogen-bond donors (Lipinski definition) is 0. The summed E-state index contributed by atoms with van der Waals surface area (Å²) in [7, 11) is 3.09. The summed E-state index contributed by atoms with van der Waals surface area (Å²) in [5.74, 6) is -0.538. The molecule has 0 unspecified atom stereocenters. The molecule has 2 heterocycles. The van der Waals surface area contributed by atoms with Crippen molar-refractivity contribution in [3.05, 3.63) is 29.6 Å². The minimum atomic E-state index is -0.522. The smallest absolute Gasteiger partial charge is 0.253 e. The van der Waals surface area contributed by atoms with Crippen molar-refractivity contribution in [2.24, 2.45) is 5.41 Å². The third kappa shape index (κ3) is 3.13. The van der Waals surface area contributed by atoms with E-state index in [1.54, 1.807) is 18.1 Å². The van der Waals surface area contributed by atoms with Gasteiger partial charge in [0, 0.05) is 37.8 Å². The molecule has 3 rings (SSSR count). The van der Waals surface area contributed by atoms with Gasteiger partial charge in [0.05, 0.1) is 19.8 Å². The van der Waals surface area contributed by atoms with Crippen LogP contribution in [0.4, 0.5) is 4.39 Å². The molecule has 0 spiro atoms. The van der Waals surface area contributed by atoms with Gasteiger partial charge in [-0.1, -0.05) is 0 Å². The second-order valence-electron chi connectivity index (χ2n) is 6.62. The van der Waals surface area contributed by atoms with Gasteiger partial charge in [-0.15, -0.1) is 0 Å². The van der Waals surface area contributed by atoms with E-state index in [0.717, 1.165) is 25.9 Å². The largest absolute Gasteiger partial charge is 0.494 e. The van der Waals surface area contributed by atoms with Gasteiger partial charge in [-0.2, -0.15) is 0 Å². The van der Waals surface area contributed by atoms with Crippen LogP contribution in [-0.2, 0) is 9.47 Å². The van der Waals surface area contributed by atoms with E-state index in [0.29, 0.717) is 25.3 Å². The van der Waals surface area contributed by atoms with E-state index in [-0.39, 0.29) is 23.2 Å². The van der Waals surface area contributed by atoms with E-state index in [1.807, 2.05) is 0 Å². The molecule has 1 amide bonds. The number of methoxy groups -OCH3 is 2. The summed E-state index contributed by atoms with van der Waals surface area (Å²) < 4.78 is 30.2. The highest BCUT2D eigenvalue weighted by atomic mass is 19.1. The lowest BCUT2D eigenvalue weighted by molar-refractivity contribution is -0.142. The van der Waals surface area contributed by atoms with Crippen molar-refractivity contribution in [1.82, 2.24) is 4.90 Å². The molecule has 5 nitrogen and oxygen atoms in total. The fourth-order valence-corrected chi connectivity index (χ4v) is 3.94. The normalized spacial score (nSPS) is 26.8. The van der Waals surface area contributed by atoms with Gasteiger partial charge < -0.3 is 19.1 Å². The molecule has 132 valence electrons. The summed E-state index contributed by atoms with van der Waals surface area (Å²) in [5.41, 5.74) is 0.183. The van der Waals surface area contributed by atoms with Gasteiger partial charge in [0.15, 0.2) is 11.6 Å². The van der Waals surface area contributed by atoms with Gasteiger partial charge in [0.2, 0.25) is 0 Å². The second-order valence-corrected chi connectivity index (χ2v) is 6.62. The molecule has 2 saturated heterocycles. The van der Waals surface area contributed by atoms with E-state index in [2.05, 4.69) is 0 Å². The lowest BCUT2D eigenvalue weighted by atomic mass is 9.73. The molecular formula is C18H24FNO4. The fourth-order valence-electron chi connectivity index (χ4n) is 3.94. The van der Waals surface area contributed by atoms with Crippen molar-refractivity contribution in [1.29, 1.82) is 0 Å². The Balaban J connectivity index is 1.79. The van der Waals surface area contributed by atoms with Crippen molar-refractivity contribution >= 4 is 5.91 Å². The minimum absolute atomic E-state index is 0.128. The highest BCUT2D eigenvalue weighted by Gasteiger charge is 2.47. The van der Waals surface area contributed by atoms with Crippen LogP contribution in [0.25, 0.3) is 0 Å². The van der Waals surface area contributed by atoms with Crippen LogP contribution < -0.4 is 4.74 Å². The molecule has 2 aliphatic rings. The Morgan fingerprint density at radius 1 is 1.46 bits per heavy atom. The standard InChI is InChI=1S/C18H24FNO4/c1-22-12-18-7-3-9-24-16(18)6-8-20(11-18)17(21)13-4-5-15(23-2)14(19)10-13/h4-5,10,16H,3,6-9,11-12H2,1-2H3/t16-,18+/m1/s1. The monoisotopic (exact) mass is 337 g/mol. The summed E-state index contributed by atoms with van der Waals surface area (Å²) in [6, 6.07) is 4.34. The van der Waals surface area contributed by atoms with Gasteiger partial charge in [-0.3, -0.25) is 4.79 Å². The van der Waals surface area contributed by atoms with Gasteiger partial charge in [-0.25, -0.2) is 4.39 Å². The zero-order valence-corrected chi connectivity index (χ0v) is 14.2. The molecule has 0 N–H and O–H groups in total. The summed E-state index contributed by atoms with van der Waals surface area (Å²) in [5, 5.41) is 0. The number of piperidine rings is 1. The van der Waals surface area contributed by atoms with Gasteiger partial charge >= 0.3 is 0 Å². The predicted molar refractivity (Wildman–Crippen MR) is 86.8 cm³/mol. The van der Waals surface area contributed by atoms with Crippen LogP contribution >= 0.6 is 0 Å². The number of rotatable bonds is 4. The molecule has 0 aromatic heterocycles. The molecule has 2 fully saturated rings. The average molecular weight is 337 g/mol. The Morgan fingerprint density at radius 2 is 2.29 bits per heavy atom. The Labute approximate surface area is 141 Å². The van der Waals surface area contributed by atoms with E-state index in [9.17, 15) is 9.18 Å². The molecule has 0 aliphatic carbocycles. The summed E-state index contributed by atoms with van der Waals surface area (Å²) >= 11 is 0. The first kappa shape index (κ1) is 17.2. The molecule has 0 bridgehead atoms. The number of hydrogen-bond acceptors (Lipinski definition) is 4. The van der Waals surface area contributed by atoms with Crippen LogP contribution in [0.3, 0.4) is 0 Å². The molecular weight excluding hydrogens is 313 g/mol. The molecule has 0 saturated carbocycles. The summed E-state index contributed by atoms with van der Waals surface area (Å²) in [6.07, 6.45) is 2.86. The summed E-state index contributed by atoms with van der Waals surface area (Å²) in [4.78, 5) is 14.6. The zero-order chi connectivity index (χ0) is 17.2. The molecule has 0 radical (unpaired) electrons. The molecule has 2 atom stereocenters.